The molecule has 4 rings (SSSR count). The second-order valence-electron chi connectivity index (χ2n) is 7.07. The molecule has 0 spiro atoms. The van der Waals surface area contributed by atoms with E-state index in [1.165, 1.54) is 15.4 Å². The zero-order valence-electron chi connectivity index (χ0n) is 16.4. The molecule has 0 aromatic heterocycles. The van der Waals surface area contributed by atoms with Crippen LogP contribution in [0.3, 0.4) is 0 Å². The topological polar surface area (TPSA) is 74.2 Å². The molecule has 0 saturated carbocycles. The summed E-state index contributed by atoms with van der Waals surface area (Å²) in [5, 5.41) is 6.42. The average molecular weight is 483 g/mol. The quantitative estimate of drug-likeness (QED) is 0.678. The first-order chi connectivity index (χ1) is 14.8. The van der Waals surface area contributed by atoms with Crippen LogP contribution >= 0.6 is 23.8 Å². The van der Waals surface area contributed by atoms with Gasteiger partial charge in [-0.1, -0.05) is 41.9 Å². The Labute approximate surface area is 190 Å². The molecular weight excluding hydrogens is 463 g/mol. The highest BCUT2D eigenvalue weighted by Crippen LogP contribution is 2.31. The van der Waals surface area contributed by atoms with E-state index in [0.717, 1.165) is 5.56 Å². The van der Waals surface area contributed by atoms with Crippen LogP contribution in [0.5, 0.6) is 0 Å². The van der Waals surface area contributed by atoms with Crippen molar-refractivity contribution >= 4 is 44.9 Å². The molecule has 1 atom stereocenters. The number of hydrazone groups is 1. The molecule has 164 valence electrons. The Balaban J connectivity index is 1.61. The van der Waals surface area contributed by atoms with Gasteiger partial charge < -0.3 is 4.74 Å². The van der Waals surface area contributed by atoms with E-state index in [-0.39, 0.29) is 30.6 Å². The van der Waals surface area contributed by atoms with Crippen molar-refractivity contribution in [1.29, 1.82) is 0 Å². The summed E-state index contributed by atoms with van der Waals surface area (Å²) in [5.41, 5.74) is 1.78. The van der Waals surface area contributed by atoms with Crippen LogP contribution < -0.4 is 4.72 Å². The van der Waals surface area contributed by atoms with Gasteiger partial charge >= 0.3 is 10.2 Å². The summed E-state index contributed by atoms with van der Waals surface area (Å²) in [7, 11) is -3.84. The van der Waals surface area contributed by atoms with E-state index in [4.69, 9.17) is 28.6 Å². The normalized spacial score (nSPS) is 19.9. The number of rotatable bonds is 4. The predicted octanol–water partition coefficient (Wildman–Crippen LogP) is 2.73. The molecule has 1 fully saturated rings. The highest BCUT2D eigenvalue weighted by Gasteiger charge is 2.34. The van der Waals surface area contributed by atoms with Gasteiger partial charge in [-0.15, -0.1) is 0 Å². The van der Waals surface area contributed by atoms with Gasteiger partial charge in [0.15, 0.2) is 0 Å². The first-order valence-electron chi connectivity index (χ1n) is 9.61. The molecule has 0 amide bonds. The molecule has 2 aromatic rings. The summed E-state index contributed by atoms with van der Waals surface area (Å²) >= 11 is 11.3. The molecule has 0 bridgehead atoms. The predicted molar refractivity (Wildman–Crippen MR) is 121 cm³/mol. The van der Waals surface area contributed by atoms with Gasteiger partial charge in [0.05, 0.1) is 31.4 Å². The molecule has 2 heterocycles. The Morgan fingerprint density at radius 1 is 1.16 bits per heavy atom. The van der Waals surface area contributed by atoms with E-state index >= 15 is 0 Å². The van der Waals surface area contributed by atoms with E-state index in [1.54, 1.807) is 42.5 Å². The molecule has 7 nitrogen and oxygen atoms in total. The van der Waals surface area contributed by atoms with Crippen molar-refractivity contribution in [3.63, 3.8) is 0 Å². The van der Waals surface area contributed by atoms with Gasteiger partial charge in [0.2, 0.25) is 5.11 Å². The van der Waals surface area contributed by atoms with E-state index in [1.807, 2.05) is 0 Å². The third-order valence-corrected chi connectivity index (χ3v) is 7.29. The maximum Gasteiger partial charge on any atom is 0.303 e. The maximum absolute atomic E-state index is 14.6. The van der Waals surface area contributed by atoms with Crippen LogP contribution in [0.25, 0.3) is 0 Å². The van der Waals surface area contributed by atoms with Gasteiger partial charge in [0.1, 0.15) is 5.82 Å². The number of ether oxygens (including phenoxy) is 1. The number of hydrogen-bond donors (Lipinski definition) is 1. The van der Waals surface area contributed by atoms with Crippen molar-refractivity contribution in [2.24, 2.45) is 5.10 Å². The number of morpholine rings is 1. The molecule has 0 radical (unpaired) electrons. The van der Waals surface area contributed by atoms with Gasteiger partial charge in [-0.3, -0.25) is 0 Å². The fourth-order valence-corrected chi connectivity index (χ4v) is 5.17. The second-order valence-corrected chi connectivity index (χ2v) is 9.57. The van der Waals surface area contributed by atoms with Crippen LogP contribution in [0.2, 0.25) is 5.02 Å². The van der Waals surface area contributed by atoms with Crippen molar-refractivity contribution < 1.29 is 17.5 Å². The number of hydrogen-bond acceptors (Lipinski definition) is 5. The summed E-state index contributed by atoms with van der Waals surface area (Å²) in [4.78, 5) is 0. The number of thiocarbonyl (C=S) groups is 1. The second kappa shape index (κ2) is 9.17. The van der Waals surface area contributed by atoms with Gasteiger partial charge in [0.25, 0.3) is 0 Å². The van der Waals surface area contributed by atoms with Crippen molar-refractivity contribution in [3.05, 3.63) is 70.5 Å². The standard InChI is InChI=1S/C20H20ClFN4O3S2/c21-15-7-5-14(6-8-15)19-17(16-3-1-2-4-18(16)22)13-26(23-19)20(30)24-31(27,28)25-9-11-29-12-10-25/h1-8,17H,9-13H2,(H,24,30). The molecular formula is C20H20ClFN4O3S2. The first kappa shape index (κ1) is 22.1. The Hall–Kier alpha value is -2.11. The van der Waals surface area contributed by atoms with Gasteiger partial charge in [-0.2, -0.15) is 17.8 Å². The lowest BCUT2D eigenvalue weighted by Crippen LogP contribution is -2.50. The Morgan fingerprint density at radius 2 is 1.84 bits per heavy atom. The fourth-order valence-electron chi connectivity index (χ4n) is 3.53. The highest BCUT2D eigenvalue weighted by atomic mass is 35.5. The third kappa shape index (κ3) is 4.88. The van der Waals surface area contributed by atoms with E-state index in [0.29, 0.717) is 29.5 Å². The third-order valence-electron chi connectivity index (χ3n) is 5.10. The summed E-state index contributed by atoms with van der Waals surface area (Å²) in [5.74, 6) is -0.802. The maximum atomic E-state index is 14.6. The lowest BCUT2D eigenvalue weighted by Gasteiger charge is -2.27. The van der Waals surface area contributed by atoms with Crippen LogP contribution in [0.1, 0.15) is 17.0 Å². The minimum atomic E-state index is -3.84. The lowest BCUT2D eigenvalue weighted by atomic mass is 9.90. The lowest BCUT2D eigenvalue weighted by molar-refractivity contribution is 0.0727. The molecule has 1 unspecified atom stereocenters. The molecule has 1 N–H and O–H groups in total. The molecule has 2 aliphatic rings. The van der Waals surface area contributed by atoms with E-state index < -0.39 is 16.1 Å². The summed E-state index contributed by atoms with van der Waals surface area (Å²) < 4.78 is 48.8. The summed E-state index contributed by atoms with van der Waals surface area (Å²) in [6.45, 7) is 1.34. The van der Waals surface area contributed by atoms with Crippen LogP contribution in [0, 0.1) is 5.82 Å². The van der Waals surface area contributed by atoms with Gasteiger partial charge in [0, 0.05) is 18.1 Å². The number of benzene rings is 2. The van der Waals surface area contributed by atoms with Gasteiger partial charge in [-0.25, -0.2) is 14.1 Å². The smallest absolute Gasteiger partial charge is 0.303 e. The van der Waals surface area contributed by atoms with Crippen LogP contribution in [-0.4, -0.2) is 61.4 Å². The van der Waals surface area contributed by atoms with Crippen LogP contribution in [-0.2, 0) is 14.9 Å². The number of nitrogens with zero attached hydrogens (tertiary/aromatic N) is 3. The molecule has 2 aromatic carbocycles. The minimum absolute atomic E-state index is 0.0724. The molecule has 0 aliphatic carbocycles. The molecule has 11 heteroatoms. The van der Waals surface area contributed by atoms with Crippen molar-refractivity contribution in [2.45, 2.75) is 5.92 Å². The minimum Gasteiger partial charge on any atom is -0.379 e. The van der Waals surface area contributed by atoms with Crippen LogP contribution in [0.15, 0.2) is 53.6 Å². The van der Waals surface area contributed by atoms with Crippen molar-refractivity contribution in [1.82, 2.24) is 14.0 Å². The Bertz CT molecular complexity index is 1110. The van der Waals surface area contributed by atoms with E-state index in [2.05, 4.69) is 9.82 Å². The SMILES string of the molecule is O=S(=O)(NC(=S)N1CC(c2ccccc2F)C(c2ccc(Cl)cc2)=N1)N1CCOCC1. The Kier molecular flexibility index (Phi) is 6.54. The van der Waals surface area contributed by atoms with Crippen LogP contribution in [0.4, 0.5) is 4.39 Å². The zero-order valence-corrected chi connectivity index (χ0v) is 18.8. The fraction of sp³-hybridized carbons (Fsp3) is 0.300. The van der Waals surface area contributed by atoms with E-state index in [9.17, 15) is 12.8 Å². The highest BCUT2D eigenvalue weighted by molar-refractivity contribution is 7.89. The Morgan fingerprint density at radius 3 is 2.52 bits per heavy atom. The first-order valence-corrected chi connectivity index (χ1v) is 11.8. The van der Waals surface area contributed by atoms with Crippen molar-refractivity contribution in [2.75, 3.05) is 32.8 Å². The zero-order chi connectivity index (χ0) is 22.0. The number of halogens is 2. The van der Waals surface area contributed by atoms with Gasteiger partial charge in [-0.05, 0) is 41.5 Å². The average Bonchev–Trinajstić information content (AvgIpc) is 3.20. The molecule has 31 heavy (non-hydrogen) atoms. The van der Waals surface area contributed by atoms with Crippen molar-refractivity contribution in [3.8, 4) is 0 Å². The molecule has 2 aliphatic heterocycles. The number of nitrogens with one attached hydrogen (secondary N) is 1. The summed E-state index contributed by atoms with van der Waals surface area (Å²) in [6.07, 6.45) is 0. The monoisotopic (exact) mass is 482 g/mol. The summed E-state index contributed by atoms with van der Waals surface area (Å²) in [6, 6.07) is 13.5. The largest absolute Gasteiger partial charge is 0.379 e. The molecule has 1 saturated heterocycles.